The Morgan fingerprint density at radius 1 is 0.974 bits per heavy atom. The van der Waals surface area contributed by atoms with Gasteiger partial charge < -0.3 is 25.2 Å². The van der Waals surface area contributed by atoms with Crippen LogP contribution in [0.3, 0.4) is 0 Å². The number of hydrogen-bond acceptors (Lipinski definition) is 5. The number of halogens is 1. The zero-order valence-corrected chi connectivity index (χ0v) is 22.3. The molecule has 0 aromatic heterocycles. The molecule has 202 valence electrons. The van der Waals surface area contributed by atoms with Crippen molar-refractivity contribution in [3.8, 4) is 17.2 Å². The predicted molar refractivity (Wildman–Crippen MR) is 150 cm³/mol. The summed E-state index contributed by atoms with van der Waals surface area (Å²) in [5, 5.41) is 16.8. The highest BCUT2D eigenvalue weighted by molar-refractivity contribution is 5.57. The van der Waals surface area contributed by atoms with Crippen LogP contribution in [-0.4, -0.2) is 38.5 Å². The lowest BCUT2D eigenvalue weighted by atomic mass is 9.79. The maximum Gasteiger partial charge on any atom is 0.165 e. The fourth-order valence-corrected chi connectivity index (χ4v) is 5.37. The smallest absolute Gasteiger partial charge is 0.165 e. The third-order valence-corrected chi connectivity index (χ3v) is 7.74. The Kier molecular flexibility index (Phi) is 8.69. The van der Waals surface area contributed by atoms with Crippen molar-refractivity contribution in [3.63, 3.8) is 0 Å². The summed E-state index contributed by atoms with van der Waals surface area (Å²) in [6.45, 7) is 3.04. The van der Waals surface area contributed by atoms with Gasteiger partial charge in [-0.05, 0) is 116 Å². The number of aryl methyl sites for hydroxylation is 2. The number of methoxy groups -OCH3 is 1. The van der Waals surface area contributed by atoms with Gasteiger partial charge in [-0.15, -0.1) is 0 Å². The molecule has 5 rings (SSSR count). The minimum atomic E-state index is -0.293. The van der Waals surface area contributed by atoms with Crippen LogP contribution in [0.5, 0.6) is 17.2 Å². The molecule has 1 unspecified atom stereocenters. The zero-order chi connectivity index (χ0) is 26.3. The molecule has 1 saturated carbocycles. The average molecular weight is 519 g/mol. The molecule has 3 aromatic rings. The molecule has 38 heavy (non-hydrogen) atoms. The number of phenolic OH excluding ortho intramolecular Hbond substituents is 1. The number of nitrogens with one attached hydrogen (secondary N) is 2. The van der Waals surface area contributed by atoms with Crippen LogP contribution >= 0.6 is 0 Å². The minimum Gasteiger partial charge on any atom is -0.508 e. The topological polar surface area (TPSA) is 62.8 Å². The molecule has 0 amide bonds. The van der Waals surface area contributed by atoms with Gasteiger partial charge in [0.05, 0.1) is 7.11 Å². The van der Waals surface area contributed by atoms with E-state index in [1.54, 1.807) is 25.3 Å². The second kappa shape index (κ2) is 12.5. The molecule has 0 saturated heterocycles. The number of ether oxygens (including phenoxy) is 2. The first-order chi connectivity index (χ1) is 18.6. The van der Waals surface area contributed by atoms with Crippen molar-refractivity contribution in [1.29, 1.82) is 0 Å². The van der Waals surface area contributed by atoms with Crippen molar-refractivity contribution in [2.24, 2.45) is 5.92 Å². The van der Waals surface area contributed by atoms with Crippen LogP contribution < -0.4 is 20.1 Å². The lowest BCUT2D eigenvalue weighted by Crippen LogP contribution is -2.23. The molecule has 0 spiro atoms. The van der Waals surface area contributed by atoms with Crippen molar-refractivity contribution >= 4 is 5.69 Å². The van der Waals surface area contributed by atoms with Crippen molar-refractivity contribution in [2.75, 3.05) is 38.7 Å². The Labute approximate surface area is 225 Å². The summed E-state index contributed by atoms with van der Waals surface area (Å²) in [4.78, 5) is 0. The van der Waals surface area contributed by atoms with Crippen LogP contribution in [0.1, 0.15) is 53.9 Å². The fraction of sp³-hybridized carbons (Fsp3) is 0.438. The number of rotatable bonds is 13. The molecule has 6 heteroatoms. The van der Waals surface area contributed by atoms with Gasteiger partial charge in [0, 0.05) is 24.8 Å². The maximum atomic E-state index is 14.6. The number of hydrogen-bond donors (Lipinski definition) is 3. The lowest BCUT2D eigenvalue weighted by Gasteiger charge is -2.27. The van der Waals surface area contributed by atoms with E-state index in [2.05, 4.69) is 28.8 Å². The van der Waals surface area contributed by atoms with Gasteiger partial charge in [0.15, 0.2) is 11.6 Å². The normalized spacial score (nSPS) is 16.6. The largest absolute Gasteiger partial charge is 0.508 e. The van der Waals surface area contributed by atoms with E-state index in [1.807, 2.05) is 18.2 Å². The summed E-state index contributed by atoms with van der Waals surface area (Å²) in [7, 11) is 1.69. The van der Waals surface area contributed by atoms with Crippen LogP contribution in [0.15, 0.2) is 54.6 Å². The Bertz CT molecular complexity index is 1230. The van der Waals surface area contributed by atoms with Gasteiger partial charge in [-0.1, -0.05) is 18.2 Å². The fourth-order valence-electron chi connectivity index (χ4n) is 5.37. The predicted octanol–water partition coefficient (Wildman–Crippen LogP) is 6.24. The molecule has 0 aliphatic heterocycles. The quantitative estimate of drug-likeness (QED) is 0.234. The minimum absolute atomic E-state index is 0.293. The first-order valence-corrected chi connectivity index (χ1v) is 13.9. The molecule has 0 heterocycles. The van der Waals surface area contributed by atoms with Crippen LogP contribution in [-0.2, 0) is 19.3 Å². The van der Waals surface area contributed by atoms with E-state index in [0.717, 1.165) is 74.7 Å². The van der Waals surface area contributed by atoms with E-state index >= 15 is 0 Å². The van der Waals surface area contributed by atoms with Crippen molar-refractivity contribution in [1.82, 2.24) is 5.32 Å². The van der Waals surface area contributed by atoms with E-state index in [0.29, 0.717) is 24.0 Å². The van der Waals surface area contributed by atoms with Gasteiger partial charge >= 0.3 is 0 Å². The van der Waals surface area contributed by atoms with Gasteiger partial charge in [-0.3, -0.25) is 0 Å². The van der Waals surface area contributed by atoms with Gasteiger partial charge in [0.1, 0.15) is 18.1 Å². The Balaban J connectivity index is 1.13. The molecule has 0 radical (unpaired) electrons. The first-order valence-electron chi connectivity index (χ1n) is 13.9. The average Bonchev–Trinajstić information content (AvgIpc) is 3.76. The molecule has 2 aliphatic carbocycles. The van der Waals surface area contributed by atoms with E-state index in [9.17, 15) is 9.50 Å². The molecule has 1 atom stereocenters. The highest BCUT2D eigenvalue weighted by atomic mass is 19.1. The van der Waals surface area contributed by atoms with Gasteiger partial charge in [-0.25, -0.2) is 4.39 Å². The maximum absolute atomic E-state index is 14.6. The number of aromatic hydroxyl groups is 1. The summed E-state index contributed by atoms with van der Waals surface area (Å²) in [6, 6.07) is 17.3. The molecule has 3 aromatic carbocycles. The number of fused-ring (bicyclic) bond motifs is 1. The molecule has 0 bridgehead atoms. The first kappa shape index (κ1) is 26.4. The van der Waals surface area contributed by atoms with Gasteiger partial charge in [-0.2, -0.15) is 0 Å². The third-order valence-electron chi connectivity index (χ3n) is 7.74. The van der Waals surface area contributed by atoms with Gasteiger partial charge in [0.2, 0.25) is 0 Å². The van der Waals surface area contributed by atoms with E-state index < -0.39 is 0 Å². The zero-order valence-electron chi connectivity index (χ0n) is 22.3. The van der Waals surface area contributed by atoms with Crippen LogP contribution in [0.2, 0.25) is 0 Å². The van der Waals surface area contributed by atoms with Gasteiger partial charge in [0.25, 0.3) is 0 Å². The summed E-state index contributed by atoms with van der Waals surface area (Å²) >= 11 is 0. The second-order valence-electron chi connectivity index (χ2n) is 10.6. The van der Waals surface area contributed by atoms with Crippen LogP contribution in [0.25, 0.3) is 0 Å². The SMILES string of the molecule is COc1ccc(C2CCc3cc(O)ccc3C2)c(NCCCc2ccc(OCCNCC3CC3)c(F)c2)c1. The second-order valence-corrected chi connectivity index (χ2v) is 10.6. The summed E-state index contributed by atoms with van der Waals surface area (Å²) < 4.78 is 25.7. The Hall–Kier alpha value is -3.25. The summed E-state index contributed by atoms with van der Waals surface area (Å²) in [5.74, 6) is 2.44. The number of benzene rings is 3. The van der Waals surface area contributed by atoms with E-state index in [1.165, 1.54) is 29.5 Å². The molecular weight excluding hydrogens is 479 g/mol. The Morgan fingerprint density at radius 2 is 1.87 bits per heavy atom. The standard InChI is InChI=1S/C32H39FN2O3/c1-37-28-11-12-29(26-8-7-25-19-27(36)10-9-24(25)18-26)31(20-28)35-14-2-3-22-6-13-32(30(33)17-22)38-16-15-34-21-23-4-5-23/h6,9-13,17,19-20,23,26,34-36H,2-5,7-8,14-16,18,21H2,1H3. The van der Waals surface area contributed by atoms with E-state index in [4.69, 9.17) is 9.47 Å². The molecule has 1 fully saturated rings. The highest BCUT2D eigenvalue weighted by Crippen LogP contribution is 2.38. The highest BCUT2D eigenvalue weighted by Gasteiger charge is 2.23. The third kappa shape index (κ3) is 6.98. The van der Waals surface area contributed by atoms with Crippen LogP contribution in [0, 0.1) is 11.7 Å². The van der Waals surface area contributed by atoms with Crippen molar-refractivity contribution < 1.29 is 19.0 Å². The van der Waals surface area contributed by atoms with Crippen molar-refractivity contribution in [2.45, 2.75) is 50.9 Å². The molecule has 2 aliphatic rings. The number of phenols is 1. The summed E-state index contributed by atoms with van der Waals surface area (Å²) in [6.07, 6.45) is 7.27. The molecule has 3 N–H and O–H groups in total. The monoisotopic (exact) mass is 518 g/mol. The summed E-state index contributed by atoms with van der Waals surface area (Å²) in [5.41, 5.74) is 5.93. The Morgan fingerprint density at radius 3 is 2.68 bits per heavy atom. The van der Waals surface area contributed by atoms with E-state index in [-0.39, 0.29) is 5.82 Å². The van der Waals surface area contributed by atoms with Crippen LogP contribution in [0.4, 0.5) is 10.1 Å². The molecular formula is C32H39FN2O3. The number of anilines is 1. The molecule has 5 nitrogen and oxygen atoms in total. The lowest BCUT2D eigenvalue weighted by molar-refractivity contribution is 0.298. The van der Waals surface area contributed by atoms with Crippen molar-refractivity contribution in [3.05, 3.63) is 82.7 Å².